The van der Waals surface area contributed by atoms with Crippen LogP contribution >= 0.6 is 0 Å². The maximum Gasteiger partial charge on any atom is 0.225 e. The standard InChI is InChI=1S/C20H24N2O3/c23-19(16-5-3-11-22(13-16)20(24)14-7-8-14)21-10-9-17-12-15-4-1-2-6-18(15)25-17/h1-2,4,6,12,14,16H,3,5,7-11,13H2,(H,21,23)/t16-/m1/s1. The van der Waals surface area contributed by atoms with Crippen LogP contribution in [0.15, 0.2) is 34.7 Å². The second-order valence-electron chi connectivity index (χ2n) is 7.19. The molecule has 1 aliphatic heterocycles. The highest BCUT2D eigenvalue weighted by Crippen LogP contribution is 2.32. The third kappa shape index (κ3) is 3.70. The number of furan rings is 1. The second-order valence-corrected chi connectivity index (χ2v) is 7.19. The van der Waals surface area contributed by atoms with Crippen LogP contribution < -0.4 is 5.32 Å². The van der Waals surface area contributed by atoms with Crippen LogP contribution in [-0.2, 0) is 16.0 Å². The number of nitrogens with zero attached hydrogens (tertiary/aromatic N) is 1. The maximum absolute atomic E-state index is 12.4. The molecule has 2 heterocycles. The van der Waals surface area contributed by atoms with Gasteiger partial charge in [-0.2, -0.15) is 0 Å². The number of benzene rings is 1. The highest BCUT2D eigenvalue weighted by Gasteiger charge is 2.36. The minimum Gasteiger partial charge on any atom is -0.461 e. The minimum atomic E-state index is -0.0767. The van der Waals surface area contributed by atoms with Crippen LogP contribution in [0.5, 0.6) is 0 Å². The van der Waals surface area contributed by atoms with Crippen molar-refractivity contribution < 1.29 is 14.0 Å². The zero-order valence-electron chi connectivity index (χ0n) is 14.4. The fraction of sp³-hybridized carbons (Fsp3) is 0.500. The zero-order chi connectivity index (χ0) is 17.2. The highest BCUT2D eigenvalue weighted by molar-refractivity contribution is 5.83. The number of fused-ring (bicyclic) bond motifs is 1. The molecule has 4 rings (SSSR count). The Morgan fingerprint density at radius 1 is 1.16 bits per heavy atom. The second kappa shape index (κ2) is 6.90. The van der Waals surface area contributed by atoms with Crippen LogP contribution in [0.25, 0.3) is 11.0 Å². The molecule has 132 valence electrons. The largest absolute Gasteiger partial charge is 0.461 e. The Balaban J connectivity index is 1.27. The number of piperidine rings is 1. The van der Waals surface area contributed by atoms with Crippen molar-refractivity contribution in [3.8, 4) is 0 Å². The predicted octanol–water partition coefficient (Wildman–Crippen LogP) is 2.74. The number of hydrogen-bond acceptors (Lipinski definition) is 3. The SMILES string of the molecule is O=C(NCCc1cc2ccccc2o1)[C@@H]1CCCN(C(=O)C2CC2)C1. The molecule has 1 aromatic carbocycles. The van der Waals surface area contributed by atoms with Gasteiger partial charge in [0.15, 0.2) is 0 Å². The van der Waals surface area contributed by atoms with Gasteiger partial charge in [-0.1, -0.05) is 18.2 Å². The topological polar surface area (TPSA) is 62.6 Å². The summed E-state index contributed by atoms with van der Waals surface area (Å²) in [5, 5.41) is 4.10. The Labute approximate surface area is 147 Å². The molecule has 0 radical (unpaired) electrons. The van der Waals surface area contributed by atoms with Gasteiger partial charge in [0.05, 0.1) is 5.92 Å². The summed E-state index contributed by atoms with van der Waals surface area (Å²) in [6, 6.07) is 9.94. The highest BCUT2D eigenvalue weighted by atomic mass is 16.3. The lowest BCUT2D eigenvalue weighted by Crippen LogP contribution is -2.46. The van der Waals surface area contributed by atoms with Gasteiger partial charge in [0.25, 0.3) is 0 Å². The van der Waals surface area contributed by atoms with E-state index in [4.69, 9.17) is 4.42 Å². The number of para-hydroxylation sites is 1. The first-order valence-corrected chi connectivity index (χ1v) is 9.24. The smallest absolute Gasteiger partial charge is 0.225 e. The van der Waals surface area contributed by atoms with Crippen LogP contribution in [0.4, 0.5) is 0 Å². The quantitative estimate of drug-likeness (QED) is 0.910. The summed E-state index contributed by atoms with van der Waals surface area (Å²) in [7, 11) is 0. The molecular formula is C20H24N2O3. The summed E-state index contributed by atoms with van der Waals surface area (Å²) in [5.41, 5.74) is 0.880. The van der Waals surface area contributed by atoms with E-state index >= 15 is 0 Å². The van der Waals surface area contributed by atoms with Crippen molar-refractivity contribution >= 4 is 22.8 Å². The van der Waals surface area contributed by atoms with E-state index in [1.807, 2.05) is 35.2 Å². The number of likely N-dealkylation sites (tertiary alicyclic amines) is 1. The van der Waals surface area contributed by atoms with Gasteiger partial charge >= 0.3 is 0 Å². The Bertz CT molecular complexity index is 745. The lowest BCUT2D eigenvalue weighted by atomic mass is 9.96. The van der Waals surface area contributed by atoms with Crippen LogP contribution in [-0.4, -0.2) is 36.3 Å². The summed E-state index contributed by atoms with van der Waals surface area (Å²) >= 11 is 0. The Morgan fingerprint density at radius 3 is 2.80 bits per heavy atom. The molecular weight excluding hydrogens is 316 g/mol. The molecule has 1 aliphatic carbocycles. The Kier molecular flexibility index (Phi) is 4.47. The summed E-state index contributed by atoms with van der Waals surface area (Å²) in [6.45, 7) is 1.94. The first-order valence-electron chi connectivity index (χ1n) is 9.24. The molecule has 25 heavy (non-hydrogen) atoms. The molecule has 0 unspecified atom stereocenters. The van der Waals surface area contributed by atoms with Gasteiger partial charge in [-0.05, 0) is 37.8 Å². The van der Waals surface area contributed by atoms with Crippen molar-refractivity contribution in [2.45, 2.75) is 32.1 Å². The van der Waals surface area contributed by atoms with Crippen molar-refractivity contribution in [1.82, 2.24) is 10.2 Å². The third-order valence-corrected chi connectivity index (χ3v) is 5.18. The number of amides is 2. The normalized spacial score (nSPS) is 20.6. The molecule has 1 aromatic heterocycles. The summed E-state index contributed by atoms with van der Waals surface area (Å²) < 4.78 is 5.77. The van der Waals surface area contributed by atoms with Crippen molar-refractivity contribution in [3.05, 3.63) is 36.1 Å². The molecule has 1 N–H and O–H groups in total. The van der Waals surface area contributed by atoms with Gasteiger partial charge in [-0.3, -0.25) is 9.59 Å². The van der Waals surface area contributed by atoms with Gasteiger partial charge in [0, 0.05) is 37.4 Å². The minimum absolute atomic E-state index is 0.0596. The molecule has 1 atom stereocenters. The van der Waals surface area contributed by atoms with E-state index in [0.717, 1.165) is 49.0 Å². The first kappa shape index (κ1) is 16.2. The van der Waals surface area contributed by atoms with Crippen molar-refractivity contribution in [2.24, 2.45) is 11.8 Å². The lowest BCUT2D eigenvalue weighted by Gasteiger charge is -2.32. The monoisotopic (exact) mass is 340 g/mol. The van der Waals surface area contributed by atoms with Crippen LogP contribution in [0, 0.1) is 11.8 Å². The third-order valence-electron chi connectivity index (χ3n) is 5.18. The molecule has 2 fully saturated rings. The van der Waals surface area contributed by atoms with Crippen LogP contribution in [0.2, 0.25) is 0 Å². The Hall–Kier alpha value is -2.30. The molecule has 0 spiro atoms. The number of rotatable bonds is 5. The molecule has 0 bridgehead atoms. The van der Waals surface area contributed by atoms with Crippen molar-refractivity contribution in [2.75, 3.05) is 19.6 Å². The molecule has 2 amide bonds. The molecule has 5 heteroatoms. The summed E-state index contributed by atoms with van der Waals surface area (Å²) in [4.78, 5) is 26.5. The van der Waals surface area contributed by atoms with E-state index in [9.17, 15) is 9.59 Å². The van der Waals surface area contributed by atoms with Crippen molar-refractivity contribution in [1.29, 1.82) is 0 Å². The Morgan fingerprint density at radius 2 is 2.00 bits per heavy atom. The molecule has 2 aromatic rings. The first-order chi connectivity index (χ1) is 12.2. The number of carbonyl (C=O) groups is 2. The van der Waals surface area contributed by atoms with Gasteiger partial charge in [-0.15, -0.1) is 0 Å². The van der Waals surface area contributed by atoms with Gasteiger partial charge in [-0.25, -0.2) is 0 Å². The number of carbonyl (C=O) groups excluding carboxylic acids is 2. The lowest BCUT2D eigenvalue weighted by molar-refractivity contribution is -0.136. The molecule has 1 saturated carbocycles. The van der Waals surface area contributed by atoms with Gasteiger partial charge in [0.1, 0.15) is 11.3 Å². The fourth-order valence-electron chi connectivity index (χ4n) is 3.59. The van der Waals surface area contributed by atoms with E-state index < -0.39 is 0 Å². The van der Waals surface area contributed by atoms with E-state index in [0.29, 0.717) is 19.5 Å². The number of hydrogen-bond donors (Lipinski definition) is 1. The van der Waals surface area contributed by atoms with Crippen LogP contribution in [0.3, 0.4) is 0 Å². The number of nitrogens with one attached hydrogen (secondary N) is 1. The fourth-order valence-corrected chi connectivity index (χ4v) is 3.59. The predicted molar refractivity (Wildman–Crippen MR) is 95.0 cm³/mol. The van der Waals surface area contributed by atoms with Gasteiger partial charge < -0.3 is 14.6 Å². The van der Waals surface area contributed by atoms with Crippen LogP contribution in [0.1, 0.15) is 31.4 Å². The maximum atomic E-state index is 12.4. The summed E-state index contributed by atoms with van der Waals surface area (Å²) in [5.74, 6) is 1.35. The van der Waals surface area contributed by atoms with Gasteiger partial charge in [0.2, 0.25) is 11.8 Å². The van der Waals surface area contributed by atoms with E-state index in [1.54, 1.807) is 0 Å². The van der Waals surface area contributed by atoms with E-state index in [1.165, 1.54) is 0 Å². The van der Waals surface area contributed by atoms with E-state index in [-0.39, 0.29) is 23.7 Å². The van der Waals surface area contributed by atoms with E-state index in [2.05, 4.69) is 5.32 Å². The zero-order valence-corrected chi connectivity index (χ0v) is 14.4. The average Bonchev–Trinajstić information content (AvgIpc) is 3.40. The average molecular weight is 340 g/mol. The van der Waals surface area contributed by atoms with Crippen molar-refractivity contribution in [3.63, 3.8) is 0 Å². The summed E-state index contributed by atoms with van der Waals surface area (Å²) in [6.07, 6.45) is 4.50. The molecule has 5 nitrogen and oxygen atoms in total. The molecule has 2 aliphatic rings. The molecule has 1 saturated heterocycles.